The summed E-state index contributed by atoms with van der Waals surface area (Å²) in [6, 6.07) is 10.6. The molecule has 0 aliphatic rings. The number of H-pyrrole nitrogens is 1. The highest BCUT2D eigenvalue weighted by molar-refractivity contribution is 6.31. The number of amides is 1. The van der Waals surface area contributed by atoms with Crippen LogP contribution in [-0.2, 0) is 0 Å². The van der Waals surface area contributed by atoms with Crippen LogP contribution in [0.25, 0.3) is 11.3 Å². The average molecular weight is 356 g/mol. The Morgan fingerprint density at radius 3 is 2.64 bits per heavy atom. The molecule has 0 saturated heterocycles. The van der Waals surface area contributed by atoms with Crippen molar-refractivity contribution in [1.29, 1.82) is 0 Å². The second-order valence-electron chi connectivity index (χ2n) is 6.06. The molecule has 1 amide bonds. The van der Waals surface area contributed by atoms with Crippen molar-refractivity contribution in [2.24, 2.45) is 0 Å². The second-order valence-corrected chi connectivity index (χ2v) is 6.47. The lowest BCUT2D eigenvalue weighted by atomic mass is 10.1. The van der Waals surface area contributed by atoms with Crippen LogP contribution < -0.4 is 5.32 Å². The van der Waals surface area contributed by atoms with Crippen molar-refractivity contribution in [2.75, 3.05) is 5.32 Å². The van der Waals surface area contributed by atoms with E-state index in [9.17, 15) is 9.90 Å². The lowest BCUT2D eigenvalue weighted by Gasteiger charge is -2.08. The number of nitrogens with zero attached hydrogens (tertiary/aromatic N) is 1. The zero-order valence-corrected chi connectivity index (χ0v) is 14.9. The summed E-state index contributed by atoms with van der Waals surface area (Å²) >= 11 is 6.12. The fourth-order valence-electron chi connectivity index (χ4n) is 2.51. The lowest BCUT2D eigenvalue weighted by Crippen LogP contribution is -2.13. The van der Waals surface area contributed by atoms with Gasteiger partial charge in [-0.15, -0.1) is 0 Å². The highest BCUT2D eigenvalue weighted by Gasteiger charge is 2.15. The molecule has 25 heavy (non-hydrogen) atoms. The van der Waals surface area contributed by atoms with Crippen LogP contribution in [0.1, 0.15) is 27.2 Å². The van der Waals surface area contributed by atoms with Crippen molar-refractivity contribution < 1.29 is 9.90 Å². The fourth-order valence-corrected chi connectivity index (χ4v) is 2.67. The Balaban J connectivity index is 1.87. The number of hydrogen-bond acceptors (Lipinski definition) is 3. The van der Waals surface area contributed by atoms with E-state index in [1.807, 2.05) is 32.0 Å². The summed E-state index contributed by atoms with van der Waals surface area (Å²) in [7, 11) is 0. The molecule has 5 nitrogen and oxygen atoms in total. The van der Waals surface area contributed by atoms with Crippen molar-refractivity contribution >= 4 is 23.2 Å². The number of benzene rings is 2. The Hall–Kier alpha value is -2.79. The number of anilines is 1. The zero-order valence-electron chi connectivity index (χ0n) is 14.1. The minimum absolute atomic E-state index is 0.0647. The van der Waals surface area contributed by atoms with Crippen molar-refractivity contribution in [3.63, 3.8) is 0 Å². The molecule has 3 N–H and O–H groups in total. The van der Waals surface area contributed by atoms with Gasteiger partial charge in [-0.2, -0.15) is 5.10 Å². The van der Waals surface area contributed by atoms with Crippen LogP contribution in [0.15, 0.2) is 36.4 Å². The normalized spacial score (nSPS) is 10.7. The number of carbonyl (C=O) groups is 1. The summed E-state index contributed by atoms with van der Waals surface area (Å²) in [6.07, 6.45) is 0. The molecule has 0 aliphatic heterocycles. The van der Waals surface area contributed by atoms with E-state index >= 15 is 0 Å². The van der Waals surface area contributed by atoms with Gasteiger partial charge in [0.1, 0.15) is 11.4 Å². The van der Waals surface area contributed by atoms with Gasteiger partial charge in [0.15, 0.2) is 0 Å². The van der Waals surface area contributed by atoms with E-state index in [0.717, 1.165) is 22.4 Å². The predicted molar refractivity (Wildman–Crippen MR) is 99.3 cm³/mol. The zero-order chi connectivity index (χ0) is 18.1. The molecule has 128 valence electrons. The number of hydrogen-bond donors (Lipinski definition) is 3. The van der Waals surface area contributed by atoms with Crippen LogP contribution >= 0.6 is 11.6 Å². The monoisotopic (exact) mass is 355 g/mol. The average Bonchev–Trinajstić information content (AvgIpc) is 3.04. The molecule has 0 spiro atoms. The van der Waals surface area contributed by atoms with E-state index in [2.05, 4.69) is 15.5 Å². The molecule has 1 heterocycles. The van der Waals surface area contributed by atoms with Crippen LogP contribution in [0.3, 0.4) is 0 Å². The van der Waals surface area contributed by atoms with Crippen molar-refractivity contribution in [3.05, 3.63) is 63.8 Å². The van der Waals surface area contributed by atoms with Gasteiger partial charge < -0.3 is 10.4 Å². The number of phenolic OH excluding ortho intramolecular Hbond substituents is 1. The van der Waals surface area contributed by atoms with Gasteiger partial charge in [0.05, 0.1) is 5.69 Å². The summed E-state index contributed by atoms with van der Waals surface area (Å²) in [5, 5.41) is 20.3. The van der Waals surface area contributed by atoms with Crippen molar-refractivity contribution in [2.45, 2.75) is 20.8 Å². The first-order valence-corrected chi connectivity index (χ1v) is 8.16. The van der Waals surface area contributed by atoms with E-state index in [-0.39, 0.29) is 11.7 Å². The molecular weight excluding hydrogens is 338 g/mol. The topological polar surface area (TPSA) is 78.0 Å². The van der Waals surface area contributed by atoms with Gasteiger partial charge in [0.2, 0.25) is 0 Å². The van der Waals surface area contributed by atoms with Crippen LogP contribution in [0.2, 0.25) is 5.02 Å². The summed E-state index contributed by atoms with van der Waals surface area (Å²) in [4.78, 5) is 12.5. The molecule has 2 aromatic carbocycles. The van der Waals surface area contributed by atoms with Gasteiger partial charge in [-0.1, -0.05) is 23.7 Å². The molecule has 1 aromatic heterocycles. The van der Waals surface area contributed by atoms with Gasteiger partial charge >= 0.3 is 0 Å². The van der Waals surface area contributed by atoms with Gasteiger partial charge in [-0.05, 0) is 61.7 Å². The maximum atomic E-state index is 12.5. The van der Waals surface area contributed by atoms with E-state index in [4.69, 9.17) is 11.6 Å². The number of phenols is 1. The number of halogens is 1. The second kappa shape index (κ2) is 6.61. The predicted octanol–water partition coefficient (Wildman–Crippen LogP) is 4.61. The molecular formula is C19H18ClN3O2. The maximum Gasteiger partial charge on any atom is 0.273 e. The first-order chi connectivity index (χ1) is 11.8. The third-order valence-electron chi connectivity index (χ3n) is 4.02. The lowest BCUT2D eigenvalue weighted by molar-refractivity contribution is 0.102. The molecule has 6 heteroatoms. The summed E-state index contributed by atoms with van der Waals surface area (Å²) < 4.78 is 0. The number of aromatic nitrogens is 2. The molecule has 0 fully saturated rings. The third kappa shape index (κ3) is 3.51. The highest BCUT2D eigenvalue weighted by Crippen LogP contribution is 2.33. The molecule has 0 saturated carbocycles. The molecule has 0 atom stereocenters. The molecule has 3 rings (SSSR count). The van der Waals surface area contributed by atoms with Crippen molar-refractivity contribution in [3.8, 4) is 17.0 Å². The first-order valence-electron chi connectivity index (χ1n) is 7.78. The Kier molecular flexibility index (Phi) is 4.51. The molecule has 0 radical (unpaired) electrons. The fraction of sp³-hybridized carbons (Fsp3) is 0.158. The molecule has 3 aromatic rings. The minimum Gasteiger partial charge on any atom is -0.507 e. The number of nitrogens with one attached hydrogen (secondary N) is 2. The number of aromatic amines is 1. The van der Waals surface area contributed by atoms with E-state index in [1.165, 1.54) is 0 Å². The third-order valence-corrected chi connectivity index (χ3v) is 4.42. The van der Waals surface area contributed by atoms with Crippen LogP contribution in [0, 0.1) is 20.8 Å². The Morgan fingerprint density at radius 1 is 1.12 bits per heavy atom. The van der Waals surface area contributed by atoms with Gasteiger partial charge in [0, 0.05) is 16.3 Å². The van der Waals surface area contributed by atoms with E-state index in [0.29, 0.717) is 22.0 Å². The number of carbonyl (C=O) groups excluding carboxylic acids is 1. The summed E-state index contributed by atoms with van der Waals surface area (Å²) in [6.45, 7) is 5.70. The highest BCUT2D eigenvalue weighted by atomic mass is 35.5. The quantitative estimate of drug-likeness (QED) is 0.641. The molecule has 0 aliphatic carbocycles. The summed E-state index contributed by atoms with van der Waals surface area (Å²) in [5.41, 5.74) is 4.77. The Bertz CT molecular complexity index is 963. The molecule has 0 bridgehead atoms. The van der Waals surface area contributed by atoms with E-state index < -0.39 is 0 Å². The van der Waals surface area contributed by atoms with Crippen LogP contribution in [-0.4, -0.2) is 21.2 Å². The number of aryl methyl sites for hydroxylation is 3. The van der Waals surface area contributed by atoms with Crippen LogP contribution in [0.4, 0.5) is 5.69 Å². The van der Waals surface area contributed by atoms with Crippen LogP contribution in [0.5, 0.6) is 5.75 Å². The molecule has 0 unspecified atom stereocenters. The maximum absolute atomic E-state index is 12.5. The standard InChI is InChI=1S/C19H18ClN3O2/c1-10-4-5-11(2)15(6-10)21-19(25)17-9-16(22-23-17)13-8-14(20)12(3)7-18(13)24/h4-9,24H,1-3H3,(H,21,25)(H,22,23). The number of aromatic hydroxyl groups is 1. The Labute approximate surface area is 150 Å². The SMILES string of the molecule is Cc1ccc(C)c(NC(=O)c2cc(-c3cc(Cl)c(C)cc3O)n[nH]2)c1. The minimum atomic E-state index is -0.301. The van der Waals surface area contributed by atoms with E-state index in [1.54, 1.807) is 25.1 Å². The van der Waals surface area contributed by atoms with Gasteiger partial charge in [-0.25, -0.2) is 0 Å². The van der Waals surface area contributed by atoms with Gasteiger partial charge in [-0.3, -0.25) is 9.89 Å². The van der Waals surface area contributed by atoms with Crippen molar-refractivity contribution in [1.82, 2.24) is 10.2 Å². The summed E-state index contributed by atoms with van der Waals surface area (Å²) in [5.74, 6) is -0.236. The number of rotatable bonds is 3. The first kappa shape index (κ1) is 17.0. The Morgan fingerprint density at radius 2 is 1.88 bits per heavy atom. The van der Waals surface area contributed by atoms with Gasteiger partial charge in [0.25, 0.3) is 5.91 Å². The smallest absolute Gasteiger partial charge is 0.273 e. The largest absolute Gasteiger partial charge is 0.507 e.